The van der Waals surface area contributed by atoms with E-state index >= 15 is 0 Å². The number of likely N-dealkylation sites (N-methyl/N-ethyl adjacent to an activating group) is 1. The van der Waals surface area contributed by atoms with Crippen LogP contribution in [0.25, 0.3) is 0 Å². The molecule has 1 aliphatic rings. The molecule has 2 nitrogen and oxygen atoms in total. The van der Waals surface area contributed by atoms with Crippen molar-refractivity contribution in [2.45, 2.75) is 31.7 Å². The Balaban J connectivity index is 2.17. The molecule has 100 valence electrons. The maximum atomic E-state index is 6.03. The van der Waals surface area contributed by atoms with E-state index in [0.717, 1.165) is 24.2 Å². The molecule has 0 aliphatic carbocycles. The topological polar surface area (TPSA) is 12.5 Å². The Morgan fingerprint density at radius 1 is 1.50 bits per heavy atom. The normalized spacial score (nSPS) is 19.2. The van der Waals surface area contributed by atoms with E-state index in [2.05, 4.69) is 39.9 Å². The number of rotatable bonds is 5. The van der Waals surface area contributed by atoms with E-state index in [9.17, 15) is 0 Å². The third kappa shape index (κ3) is 3.40. The van der Waals surface area contributed by atoms with E-state index in [1.54, 1.807) is 0 Å². The van der Waals surface area contributed by atoms with Crippen molar-refractivity contribution < 1.29 is 4.74 Å². The number of benzene rings is 1. The van der Waals surface area contributed by atoms with E-state index in [4.69, 9.17) is 16.3 Å². The molecule has 1 aromatic carbocycles. The maximum absolute atomic E-state index is 6.03. The minimum Gasteiger partial charge on any atom is -0.376 e. The lowest BCUT2D eigenvalue weighted by molar-refractivity contribution is 0.115. The molecule has 2 rings (SSSR count). The molecular formula is C14H19BrClNO. The smallest absolute Gasteiger partial charge is 0.0750 e. The number of hydrogen-bond acceptors (Lipinski definition) is 2. The van der Waals surface area contributed by atoms with E-state index < -0.39 is 0 Å². The molecule has 0 radical (unpaired) electrons. The molecule has 1 aliphatic heterocycles. The van der Waals surface area contributed by atoms with Gasteiger partial charge in [-0.3, -0.25) is 0 Å². The van der Waals surface area contributed by atoms with Crippen LogP contribution in [0.2, 0.25) is 0 Å². The van der Waals surface area contributed by atoms with Gasteiger partial charge in [0, 0.05) is 35.7 Å². The van der Waals surface area contributed by atoms with E-state index in [-0.39, 0.29) is 0 Å². The van der Waals surface area contributed by atoms with Crippen molar-refractivity contribution in [2.75, 3.05) is 24.6 Å². The van der Waals surface area contributed by atoms with Gasteiger partial charge < -0.3 is 9.64 Å². The van der Waals surface area contributed by atoms with Gasteiger partial charge in [0.15, 0.2) is 0 Å². The molecule has 1 fully saturated rings. The quantitative estimate of drug-likeness (QED) is 0.750. The molecule has 1 atom stereocenters. The van der Waals surface area contributed by atoms with Crippen LogP contribution in [0.5, 0.6) is 0 Å². The van der Waals surface area contributed by atoms with Gasteiger partial charge in [0.2, 0.25) is 0 Å². The fourth-order valence-corrected chi connectivity index (χ4v) is 2.95. The molecule has 0 amide bonds. The first-order valence-corrected chi connectivity index (χ1v) is 7.78. The van der Waals surface area contributed by atoms with E-state index in [1.807, 2.05) is 6.07 Å². The summed E-state index contributed by atoms with van der Waals surface area (Å²) in [5.41, 5.74) is 2.40. The van der Waals surface area contributed by atoms with E-state index in [0.29, 0.717) is 12.0 Å². The van der Waals surface area contributed by atoms with Gasteiger partial charge in [-0.05, 0) is 37.5 Å². The first-order chi connectivity index (χ1) is 8.74. The minimum atomic E-state index is 0.368. The zero-order chi connectivity index (χ0) is 13.0. The predicted octanol–water partition coefficient (Wildman–Crippen LogP) is 4.19. The Bertz CT molecular complexity index is 393. The van der Waals surface area contributed by atoms with Crippen LogP contribution in [-0.4, -0.2) is 25.8 Å². The summed E-state index contributed by atoms with van der Waals surface area (Å²) in [5, 5.41) is 0. The van der Waals surface area contributed by atoms with Crippen LogP contribution in [0.4, 0.5) is 5.69 Å². The Labute approximate surface area is 122 Å². The monoisotopic (exact) mass is 331 g/mol. The molecule has 0 spiro atoms. The lowest BCUT2D eigenvalue weighted by Gasteiger charge is -2.28. The van der Waals surface area contributed by atoms with Crippen LogP contribution in [0.15, 0.2) is 22.7 Å². The molecule has 1 saturated heterocycles. The summed E-state index contributed by atoms with van der Waals surface area (Å²) in [4.78, 5) is 2.36. The third-order valence-corrected chi connectivity index (χ3v) is 4.14. The van der Waals surface area contributed by atoms with Gasteiger partial charge in [-0.15, -0.1) is 11.6 Å². The zero-order valence-corrected chi connectivity index (χ0v) is 13.0. The highest BCUT2D eigenvalue weighted by atomic mass is 79.9. The fraction of sp³-hybridized carbons (Fsp3) is 0.571. The van der Waals surface area contributed by atoms with Crippen LogP contribution in [0, 0.1) is 0 Å². The van der Waals surface area contributed by atoms with Crippen molar-refractivity contribution in [1.82, 2.24) is 0 Å². The number of nitrogens with zero attached hydrogens (tertiary/aromatic N) is 1. The summed E-state index contributed by atoms with van der Waals surface area (Å²) >= 11 is 9.56. The van der Waals surface area contributed by atoms with Gasteiger partial charge in [-0.2, -0.15) is 0 Å². The highest BCUT2D eigenvalue weighted by Gasteiger charge is 2.20. The minimum absolute atomic E-state index is 0.368. The van der Waals surface area contributed by atoms with Crippen molar-refractivity contribution in [2.24, 2.45) is 0 Å². The second-order valence-corrected chi connectivity index (χ2v) is 5.76. The lowest BCUT2D eigenvalue weighted by Crippen LogP contribution is -2.32. The third-order valence-electron chi connectivity index (χ3n) is 3.36. The molecule has 0 saturated carbocycles. The molecule has 4 heteroatoms. The molecular weight excluding hydrogens is 314 g/mol. The van der Waals surface area contributed by atoms with E-state index in [1.165, 1.54) is 24.1 Å². The van der Waals surface area contributed by atoms with Gasteiger partial charge in [0.1, 0.15) is 0 Å². The summed E-state index contributed by atoms with van der Waals surface area (Å²) < 4.78 is 6.82. The second kappa shape index (κ2) is 6.78. The second-order valence-electron chi connectivity index (χ2n) is 4.58. The van der Waals surface area contributed by atoms with Gasteiger partial charge in [0.05, 0.1) is 6.10 Å². The Morgan fingerprint density at radius 3 is 2.94 bits per heavy atom. The molecule has 0 bridgehead atoms. The summed E-state index contributed by atoms with van der Waals surface area (Å²) in [6.45, 7) is 5.01. The van der Waals surface area contributed by atoms with Gasteiger partial charge in [-0.1, -0.05) is 22.0 Å². The summed E-state index contributed by atoms with van der Waals surface area (Å²) in [6, 6.07) is 6.28. The first kappa shape index (κ1) is 14.2. The van der Waals surface area contributed by atoms with Crippen LogP contribution in [0.1, 0.15) is 25.3 Å². The average molecular weight is 333 g/mol. The summed E-state index contributed by atoms with van der Waals surface area (Å²) in [5.74, 6) is 0.546. The first-order valence-electron chi connectivity index (χ1n) is 6.45. The Hall–Kier alpha value is -0.250. The number of halogens is 2. The van der Waals surface area contributed by atoms with Gasteiger partial charge in [0.25, 0.3) is 0 Å². The van der Waals surface area contributed by atoms with Crippen molar-refractivity contribution >= 4 is 33.2 Å². The molecule has 1 heterocycles. The maximum Gasteiger partial charge on any atom is 0.0750 e. The van der Waals surface area contributed by atoms with Crippen molar-refractivity contribution in [3.8, 4) is 0 Å². The Morgan fingerprint density at radius 2 is 2.33 bits per heavy atom. The summed E-state index contributed by atoms with van der Waals surface area (Å²) in [7, 11) is 0. The summed E-state index contributed by atoms with van der Waals surface area (Å²) in [6.07, 6.45) is 2.72. The standard InChI is InChI=1S/C14H19BrClNO/c1-2-17(10-13-4-3-7-18-13)14-8-12(15)6-5-11(14)9-16/h5-6,8,13H,2-4,7,9-10H2,1H3. The predicted molar refractivity (Wildman–Crippen MR) is 80.6 cm³/mol. The number of anilines is 1. The molecule has 1 aromatic rings. The van der Waals surface area contributed by atoms with Crippen LogP contribution < -0.4 is 4.90 Å². The SMILES string of the molecule is CCN(CC1CCCO1)c1cc(Br)ccc1CCl. The largest absolute Gasteiger partial charge is 0.376 e. The highest BCUT2D eigenvalue weighted by Crippen LogP contribution is 2.27. The number of ether oxygens (including phenoxy) is 1. The highest BCUT2D eigenvalue weighted by molar-refractivity contribution is 9.10. The van der Waals surface area contributed by atoms with Crippen molar-refractivity contribution in [3.05, 3.63) is 28.2 Å². The number of hydrogen-bond donors (Lipinski definition) is 0. The van der Waals surface area contributed by atoms with Gasteiger partial charge >= 0.3 is 0 Å². The molecule has 1 unspecified atom stereocenters. The number of alkyl halides is 1. The van der Waals surface area contributed by atoms with Crippen LogP contribution >= 0.6 is 27.5 Å². The molecule has 0 N–H and O–H groups in total. The van der Waals surface area contributed by atoms with Crippen molar-refractivity contribution in [1.29, 1.82) is 0 Å². The zero-order valence-electron chi connectivity index (χ0n) is 10.7. The molecule has 18 heavy (non-hydrogen) atoms. The average Bonchev–Trinajstić information content (AvgIpc) is 2.88. The fourth-order valence-electron chi connectivity index (χ4n) is 2.38. The van der Waals surface area contributed by atoms with Gasteiger partial charge in [-0.25, -0.2) is 0 Å². The molecule has 0 aromatic heterocycles. The van der Waals surface area contributed by atoms with Crippen LogP contribution in [0.3, 0.4) is 0 Å². The van der Waals surface area contributed by atoms with Crippen LogP contribution in [-0.2, 0) is 10.6 Å². The Kier molecular flexibility index (Phi) is 5.34. The lowest BCUT2D eigenvalue weighted by atomic mass is 10.1. The van der Waals surface area contributed by atoms with Crippen molar-refractivity contribution in [3.63, 3.8) is 0 Å².